The fourth-order valence-corrected chi connectivity index (χ4v) is 2.12. The highest BCUT2D eigenvalue weighted by atomic mass is 16.5. The lowest BCUT2D eigenvalue weighted by Gasteiger charge is -2.33. The van der Waals surface area contributed by atoms with Crippen molar-refractivity contribution >= 4 is 5.97 Å². The van der Waals surface area contributed by atoms with Crippen molar-refractivity contribution < 1.29 is 14.3 Å². The van der Waals surface area contributed by atoms with Gasteiger partial charge in [-0.1, -0.05) is 31.8 Å². The van der Waals surface area contributed by atoms with Gasteiger partial charge in [-0.15, -0.1) is 5.73 Å². The third-order valence-electron chi connectivity index (χ3n) is 2.96. The van der Waals surface area contributed by atoms with E-state index in [4.69, 9.17) is 9.47 Å². The highest BCUT2D eigenvalue weighted by molar-refractivity contribution is 5.88. The van der Waals surface area contributed by atoms with Crippen LogP contribution in [0.5, 0.6) is 0 Å². The van der Waals surface area contributed by atoms with Gasteiger partial charge in [0, 0.05) is 5.92 Å². The molecule has 0 aromatic heterocycles. The molecule has 3 nitrogen and oxygen atoms in total. The fraction of sp³-hybridized carbons (Fsp3) is 0.600. The van der Waals surface area contributed by atoms with Gasteiger partial charge in [-0.05, 0) is 25.8 Å². The molecule has 0 aliphatic heterocycles. The standard InChI is InChI=1S/C15H20O3/c1-3-10-15(11-6-5-7-12-15)18-13-8-9-14(16)17-4-2/h10H,1,4-7,11-13H2,2H3. The van der Waals surface area contributed by atoms with Crippen LogP contribution in [0.2, 0.25) is 0 Å². The zero-order valence-electron chi connectivity index (χ0n) is 11.0. The van der Waals surface area contributed by atoms with Gasteiger partial charge < -0.3 is 9.47 Å². The Labute approximate surface area is 109 Å². The summed E-state index contributed by atoms with van der Waals surface area (Å²) in [6.45, 7) is 5.94. The van der Waals surface area contributed by atoms with Gasteiger partial charge in [-0.25, -0.2) is 4.79 Å². The van der Waals surface area contributed by atoms with Crippen molar-refractivity contribution in [2.75, 3.05) is 13.2 Å². The molecule has 1 rings (SSSR count). The first kappa shape index (κ1) is 14.6. The van der Waals surface area contributed by atoms with E-state index in [1.165, 1.54) is 6.42 Å². The van der Waals surface area contributed by atoms with Crippen LogP contribution in [0.15, 0.2) is 18.4 Å². The summed E-state index contributed by atoms with van der Waals surface area (Å²) in [6.07, 6.45) is 7.35. The monoisotopic (exact) mass is 248 g/mol. The van der Waals surface area contributed by atoms with Crippen molar-refractivity contribution in [3.63, 3.8) is 0 Å². The van der Waals surface area contributed by atoms with Crippen LogP contribution in [-0.2, 0) is 14.3 Å². The van der Waals surface area contributed by atoms with Crippen molar-refractivity contribution in [3.05, 3.63) is 18.4 Å². The molecule has 1 aliphatic carbocycles. The maximum atomic E-state index is 11.0. The smallest absolute Gasteiger partial charge is 0.384 e. The fourth-order valence-electron chi connectivity index (χ4n) is 2.12. The number of hydrogen-bond donors (Lipinski definition) is 0. The first-order valence-electron chi connectivity index (χ1n) is 6.39. The highest BCUT2D eigenvalue weighted by Gasteiger charge is 2.29. The molecule has 0 N–H and O–H groups in total. The van der Waals surface area contributed by atoms with E-state index in [0.717, 1.165) is 25.7 Å². The Balaban J connectivity index is 2.48. The lowest BCUT2D eigenvalue weighted by Crippen LogP contribution is -2.32. The summed E-state index contributed by atoms with van der Waals surface area (Å²) in [5, 5.41) is 0. The van der Waals surface area contributed by atoms with Crippen molar-refractivity contribution in [1.29, 1.82) is 0 Å². The number of carbonyl (C=O) groups excluding carboxylic acids is 1. The summed E-state index contributed by atoms with van der Waals surface area (Å²) < 4.78 is 10.5. The van der Waals surface area contributed by atoms with Crippen molar-refractivity contribution in [2.45, 2.75) is 44.6 Å². The topological polar surface area (TPSA) is 35.5 Å². The number of esters is 1. The second-order valence-corrected chi connectivity index (χ2v) is 4.28. The van der Waals surface area contributed by atoms with Crippen LogP contribution in [0.1, 0.15) is 39.0 Å². The molecule has 98 valence electrons. The minimum Gasteiger partial charge on any atom is -0.456 e. The molecular formula is C15H20O3. The van der Waals surface area contributed by atoms with Crippen LogP contribution in [0, 0.1) is 11.8 Å². The number of ether oxygens (including phenoxy) is 2. The zero-order valence-corrected chi connectivity index (χ0v) is 11.0. The van der Waals surface area contributed by atoms with Gasteiger partial charge >= 0.3 is 5.97 Å². The first-order valence-corrected chi connectivity index (χ1v) is 6.39. The molecule has 0 spiro atoms. The van der Waals surface area contributed by atoms with Gasteiger partial charge in [0.05, 0.1) is 12.2 Å². The molecule has 0 amide bonds. The number of carbonyl (C=O) groups is 1. The molecule has 0 aromatic carbocycles. The van der Waals surface area contributed by atoms with E-state index in [0.29, 0.717) is 6.61 Å². The maximum Gasteiger partial charge on any atom is 0.384 e. The summed E-state index contributed by atoms with van der Waals surface area (Å²) in [6, 6.07) is 0. The highest BCUT2D eigenvalue weighted by Crippen LogP contribution is 2.32. The predicted octanol–water partition coefficient (Wildman–Crippen LogP) is 2.61. The second kappa shape index (κ2) is 7.76. The molecule has 1 aliphatic rings. The van der Waals surface area contributed by atoms with Crippen LogP contribution in [-0.4, -0.2) is 24.8 Å². The predicted molar refractivity (Wildman–Crippen MR) is 69.9 cm³/mol. The van der Waals surface area contributed by atoms with E-state index in [1.54, 1.807) is 6.92 Å². The summed E-state index contributed by atoms with van der Waals surface area (Å²) in [5.74, 6) is 4.58. The van der Waals surface area contributed by atoms with Gasteiger partial charge in [-0.2, -0.15) is 0 Å². The van der Waals surface area contributed by atoms with E-state index in [-0.39, 0.29) is 12.2 Å². The lowest BCUT2D eigenvalue weighted by atomic mass is 9.84. The number of hydrogen-bond acceptors (Lipinski definition) is 3. The molecule has 0 unspecified atom stereocenters. The van der Waals surface area contributed by atoms with Gasteiger partial charge in [0.15, 0.2) is 0 Å². The van der Waals surface area contributed by atoms with Crippen molar-refractivity contribution in [2.24, 2.45) is 0 Å². The van der Waals surface area contributed by atoms with Gasteiger partial charge in [0.25, 0.3) is 0 Å². The van der Waals surface area contributed by atoms with Gasteiger partial charge in [0.2, 0.25) is 0 Å². The van der Waals surface area contributed by atoms with E-state index in [1.807, 2.05) is 6.08 Å². The molecule has 18 heavy (non-hydrogen) atoms. The Morgan fingerprint density at radius 2 is 2.11 bits per heavy atom. The quantitative estimate of drug-likeness (QED) is 0.332. The molecule has 1 saturated carbocycles. The summed E-state index contributed by atoms with van der Waals surface area (Å²) in [5.41, 5.74) is 2.52. The first-order chi connectivity index (χ1) is 8.72. The Bertz CT molecular complexity index is 374. The van der Waals surface area contributed by atoms with E-state index < -0.39 is 5.97 Å². The normalized spacial score (nSPS) is 16.9. The molecule has 0 atom stereocenters. The second-order valence-electron chi connectivity index (χ2n) is 4.28. The summed E-state index contributed by atoms with van der Waals surface area (Å²) in [4.78, 5) is 11.0. The van der Waals surface area contributed by atoms with Crippen molar-refractivity contribution in [3.8, 4) is 11.8 Å². The molecular weight excluding hydrogens is 228 g/mol. The van der Waals surface area contributed by atoms with Gasteiger partial charge in [-0.3, -0.25) is 0 Å². The Kier molecular flexibility index (Phi) is 6.28. The minimum atomic E-state index is -0.502. The van der Waals surface area contributed by atoms with Crippen LogP contribution >= 0.6 is 0 Å². The Morgan fingerprint density at radius 3 is 2.72 bits per heavy atom. The van der Waals surface area contributed by atoms with Crippen molar-refractivity contribution in [1.82, 2.24) is 0 Å². The van der Waals surface area contributed by atoms with Crippen LogP contribution in [0.4, 0.5) is 0 Å². The van der Waals surface area contributed by atoms with Gasteiger partial charge in [0.1, 0.15) is 6.61 Å². The lowest BCUT2D eigenvalue weighted by molar-refractivity contribution is -0.136. The third-order valence-corrected chi connectivity index (χ3v) is 2.96. The Hall–Kier alpha value is -1.49. The number of rotatable bonds is 4. The van der Waals surface area contributed by atoms with E-state index in [2.05, 4.69) is 24.2 Å². The molecule has 1 fully saturated rings. The van der Waals surface area contributed by atoms with Crippen LogP contribution < -0.4 is 0 Å². The van der Waals surface area contributed by atoms with E-state index >= 15 is 0 Å². The largest absolute Gasteiger partial charge is 0.456 e. The average molecular weight is 248 g/mol. The molecule has 0 saturated heterocycles. The summed E-state index contributed by atoms with van der Waals surface area (Å²) >= 11 is 0. The SMILES string of the molecule is C=C=CC1(OCC#CC(=O)OCC)CCCCC1. The Morgan fingerprint density at radius 1 is 1.39 bits per heavy atom. The van der Waals surface area contributed by atoms with E-state index in [9.17, 15) is 4.79 Å². The third kappa shape index (κ3) is 4.79. The zero-order chi connectivity index (χ0) is 13.3. The molecule has 0 bridgehead atoms. The minimum absolute atomic E-state index is 0.233. The molecule has 0 aromatic rings. The maximum absolute atomic E-state index is 11.0. The molecule has 0 radical (unpaired) electrons. The molecule has 0 heterocycles. The van der Waals surface area contributed by atoms with Crippen LogP contribution in [0.25, 0.3) is 0 Å². The summed E-state index contributed by atoms with van der Waals surface area (Å²) in [7, 11) is 0. The average Bonchev–Trinajstić information content (AvgIpc) is 2.37. The molecule has 3 heteroatoms. The van der Waals surface area contributed by atoms with Crippen LogP contribution in [0.3, 0.4) is 0 Å².